The molecule has 13 heteroatoms. The molecular formula is C22H19ClN6O5S. The maximum atomic E-state index is 13.6. The number of nitro groups is 2. The average molecular weight is 515 g/mol. The number of fused-ring (bicyclic) bond motifs is 1. The zero-order chi connectivity index (χ0) is 25.4. The summed E-state index contributed by atoms with van der Waals surface area (Å²) in [6.45, 7) is 6.01. The van der Waals surface area contributed by atoms with Crippen molar-refractivity contribution in [2.24, 2.45) is 0 Å². The minimum absolute atomic E-state index is 0.129. The number of halogens is 1. The number of non-ortho nitro benzene ring substituents is 2. The van der Waals surface area contributed by atoms with Gasteiger partial charge in [0.25, 0.3) is 17.3 Å². The molecule has 0 aliphatic carbocycles. The number of aromatic nitrogens is 3. The Morgan fingerprint density at radius 2 is 1.74 bits per heavy atom. The normalized spacial score (nSPS) is 11.1. The molecule has 0 N–H and O–H groups in total. The van der Waals surface area contributed by atoms with Gasteiger partial charge in [-0.2, -0.15) is 5.10 Å². The summed E-state index contributed by atoms with van der Waals surface area (Å²) in [5.41, 5.74) is 1.82. The topological polar surface area (TPSA) is 137 Å². The number of nitro benzene ring substituents is 2. The highest BCUT2D eigenvalue weighted by Gasteiger charge is 2.26. The second-order valence-corrected chi connectivity index (χ2v) is 9.29. The van der Waals surface area contributed by atoms with Gasteiger partial charge in [-0.15, -0.1) is 0 Å². The van der Waals surface area contributed by atoms with Crippen LogP contribution in [0, 0.1) is 41.0 Å². The van der Waals surface area contributed by atoms with Crippen molar-refractivity contribution in [3.05, 3.63) is 84.2 Å². The lowest BCUT2D eigenvalue weighted by Crippen LogP contribution is -2.34. The zero-order valence-electron chi connectivity index (χ0n) is 18.9. The predicted octanol–water partition coefficient (Wildman–Crippen LogP) is 5.23. The number of anilines is 1. The van der Waals surface area contributed by atoms with Crippen molar-refractivity contribution in [1.82, 2.24) is 14.8 Å². The molecule has 0 fully saturated rings. The number of amides is 1. The Morgan fingerprint density at radius 3 is 2.31 bits per heavy atom. The third-order valence-corrected chi connectivity index (χ3v) is 6.88. The Bertz CT molecular complexity index is 1470. The van der Waals surface area contributed by atoms with E-state index in [-0.39, 0.29) is 12.1 Å². The molecular weight excluding hydrogens is 496 g/mol. The molecule has 4 rings (SSSR count). The van der Waals surface area contributed by atoms with E-state index in [1.54, 1.807) is 16.8 Å². The molecule has 2 aromatic heterocycles. The van der Waals surface area contributed by atoms with E-state index in [2.05, 4.69) is 10.1 Å². The fraction of sp³-hybridized carbons (Fsp3) is 0.227. The molecule has 0 bridgehead atoms. The first-order valence-corrected chi connectivity index (χ1v) is 11.6. The first kappa shape index (κ1) is 24.2. The van der Waals surface area contributed by atoms with Crippen molar-refractivity contribution in [3.8, 4) is 0 Å². The Balaban J connectivity index is 1.80. The molecule has 180 valence electrons. The summed E-state index contributed by atoms with van der Waals surface area (Å²) in [6.07, 6.45) is 0. The molecule has 0 aliphatic heterocycles. The number of thiazole rings is 1. The third-order valence-electron chi connectivity index (χ3n) is 5.42. The molecule has 4 aromatic rings. The van der Waals surface area contributed by atoms with Crippen LogP contribution in [0.4, 0.5) is 16.5 Å². The van der Waals surface area contributed by atoms with Crippen LogP contribution >= 0.6 is 22.9 Å². The molecule has 1 amide bonds. The minimum atomic E-state index is -0.771. The highest BCUT2D eigenvalue weighted by molar-refractivity contribution is 7.22. The number of nitrogens with zero attached hydrogens (tertiary/aromatic N) is 6. The van der Waals surface area contributed by atoms with Gasteiger partial charge in [-0.25, -0.2) is 4.98 Å². The molecule has 11 nitrogen and oxygen atoms in total. The standard InChI is InChI=1S/C22H19ClN6O5S/c1-12-8-13(2)27(25-12)7-6-26(22-24-20-14(3)18(23)4-5-19(20)35-22)21(30)15-9-16(28(31)32)11-17(10-15)29(33)34/h4-5,8-11H,6-7H2,1-3H3. The fourth-order valence-corrected chi connectivity index (χ4v) is 4.87. The molecule has 0 aliphatic rings. The van der Waals surface area contributed by atoms with Crippen LogP contribution in [-0.4, -0.2) is 37.1 Å². The lowest BCUT2D eigenvalue weighted by molar-refractivity contribution is -0.394. The van der Waals surface area contributed by atoms with Gasteiger partial charge in [0, 0.05) is 29.4 Å². The summed E-state index contributed by atoms with van der Waals surface area (Å²) in [5.74, 6) is -0.652. The van der Waals surface area contributed by atoms with Gasteiger partial charge in [0.15, 0.2) is 5.13 Å². The monoisotopic (exact) mass is 514 g/mol. The molecule has 2 aromatic carbocycles. The summed E-state index contributed by atoms with van der Waals surface area (Å²) in [6, 6.07) is 8.32. The number of carbonyl (C=O) groups is 1. The smallest absolute Gasteiger partial charge is 0.277 e. The maximum Gasteiger partial charge on any atom is 0.277 e. The summed E-state index contributed by atoms with van der Waals surface area (Å²) in [4.78, 5) is 40.8. The number of rotatable bonds is 7. The molecule has 0 radical (unpaired) electrons. The van der Waals surface area contributed by atoms with Gasteiger partial charge in [0.05, 0.1) is 43.9 Å². The van der Waals surface area contributed by atoms with E-state index in [0.29, 0.717) is 22.2 Å². The molecule has 0 saturated heterocycles. The van der Waals surface area contributed by atoms with Gasteiger partial charge in [-0.3, -0.25) is 34.6 Å². The first-order chi connectivity index (χ1) is 16.5. The van der Waals surface area contributed by atoms with E-state index in [1.165, 1.54) is 16.2 Å². The second-order valence-electron chi connectivity index (χ2n) is 7.87. The van der Waals surface area contributed by atoms with E-state index in [1.807, 2.05) is 26.8 Å². The summed E-state index contributed by atoms with van der Waals surface area (Å²) in [7, 11) is 0. The number of carbonyl (C=O) groups excluding carboxylic acids is 1. The first-order valence-electron chi connectivity index (χ1n) is 10.4. The second kappa shape index (κ2) is 9.39. The van der Waals surface area contributed by atoms with E-state index in [9.17, 15) is 25.0 Å². The van der Waals surface area contributed by atoms with Crippen LogP contribution in [0.1, 0.15) is 27.3 Å². The maximum absolute atomic E-state index is 13.6. The molecule has 0 saturated carbocycles. The highest BCUT2D eigenvalue weighted by atomic mass is 35.5. The molecule has 2 heterocycles. The van der Waals surface area contributed by atoms with Gasteiger partial charge in [-0.1, -0.05) is 22.9 Å². The Hall–Kier alpha value is -3.90. The summed E-state index contributed by atoms with van der Waals surface area (Å²) in [5, 5.41) is 28.0. The summed E-state index contributed by atoms with van der Waals surface area (Å²) < 4.78 is 2.54. The predicted molar refractivity (Wildman–Crippen MR) is 132 cm³/mol. The van der Waals surface area contributed by atoms with Crippen molar-refractivity contribution in [2.75, 3.05) is 11.4 Å². The number of aryl methyl sites for hydroxylation is 3. The van der Waals surface area contributed by atoms with Crippen molar-refractivity contribution in [1.29, 1.82) is 0 Å². The van der Waals surface area contributed by atoms with E-state index in [4.69, 9.17) is 11.6 Å². The third kappa shape index (κ3) is 4.84. The van der Waals surface area contributed by atoms with Crippen LogP contribution in [0.2, 0.25) is 5.02 Å². The van der Waals surface area contributed by atoms with Crippen LogP contribution in [-0.2, 0) is 6.54 Å². The molecule has 0 atom stereocenters. The Labute approximate surface area is 207 Å². The van der Waals surface area contributed by atoms with Gasteiger partial charge in [-0.05, 0) is 44.5 Å². The zero-order valence-corrected chi connectivity index (χ0v) is 20.5. The van der Waals surface area contributed by atoms with Crippen molar-refractivity contribution in [3.63, 3.8) is 0 Å². The van der Waals surface area contributed by atoms with Crippen LogP contribution in [0.15, 0.2) is 36.4 Å². The minimum Gasteiger partial charge on any atom is -0.282 e. The van der Waals surface area contributed by atoms with Crippen LogP contribution < -0.4 is 4.90 Å². The fourth-order valence-electron chi connectivity index (χ4n) is 3.67. The van der Waals surface area contributed by atoms with Crippen LogP contribution in [0.5, 0.6) is 0 Å². The number of hydrogen-bond donors (Lipinski definition) is 0. The number of benzene rings is 2. The molecule has 0 spiro atoms. The molecule has 0 unspecified atom stereocenters. The van der Waals surface area contributed by atoms with Gasteiger partial charge < -0.3 is 0 Å². The van der Waals surface area contributed by atoms with Crippen LogP contribution in [0.25, 0.3) is 10.2 Å². The van der Waals surface area contributed by atoms with Gasteiger partial charge >= 0.3 is 0 Å². The molecule has 35 heavy (non-hydrogen) atoms. The largest absolute Gasteiger partial charge is 0.282 e. The van der Waals surface area contributed by atoms with E-state index >= 15 is 0 Å². The van der Waals surface area contributed by atoms with Crippen molar-refractivity contribution >= 4 is 55.6 Å². The van der Waals surface area contributed by atoms with E-state index in [0.717, 1.165) is 39.9 Å². The Morgan fingerprint density at radius 1 is 1.09 bits per heavy atom. The van der Waals surface area contributed by atoms with Crippen molar-refractivity contribution < 1.29 is 14.6 Å². The lowest BCUT2D eigenvalue weighted by atomic mass is 10.1. The van der Waals surface area contributed by atoms with Gasteiger partial charge in [0.2, 0.25) is 0 Å². The van der Waals surface area contributed by atoms with E-state index < -0.39 is 27.1 Å². The quantitative estimate of drug-likeness (QED) is 0.243. The SMILES string of the molecule is Cc1cc(C)n(CCN(C(=O)c2cc([N+](=O)[O-])cc([N+](=O)[O-])c2)c2nc3c(C)c(Cl)ccc3s2)n1. The van der Waals surface area contributed by atoms with Crippen molar-refractivity contribution in [2.45, 2.75) is 27.3 Å². The van der Waals surface area contributed by atoms with Crippen LogP contribution in [0.3, 0.4) is 0 Å². The lowest BCUT2D eigenvalue weighted by Gasteiger charge is -2.20. The highest BCUT2D eigenvalue weighted by Crippen LogP contribution is 2.34. The van der Waals surface area contributed by atoms with Gasteiger partial charge in [0.1, 0.15) is 0 Å². The summed E-state index contributed by atoms with van der Waals surface area (Å²) >= 11 is 7.49. The number of hydrogen-bond acceptors (Lipinski definition) is 8. The average Bonchev–Trinajstić information content (AvgIpc) is 3.38. The Kier molecular flexibility index (Phi) is 6.50.